The number of nitrogens with zero attached hydrogens (tertiary/aromatic N) is 1. The molecule has 1 heterocycles. The fraction of sp³-hybridized carbons (Fsp3) is 0.588. The van der Waals surface area contributed by atoms with Gasteiger partial charge in [0.05, 0.1) is 0 Å². The van der Waals surface area contributed by atoms with E-state index in [0.29, 0.717) is 0 Å². The summed E-state index contributed by atoms with van der Waals surface area (Å²) in [4.78, 5) is 14.8. The summed E-state index contributed by atoms with van der Waals surface area (Å²) >= 11 is 0. The molecule has 21 heavy (non-hydrogen) atoms. The zero-order valence-corrected chi connectivity index (χ0v) is 12.6. The highest BCUT2D eigenvalue weighted by Crippen LogP contribution is 2.27. The van der Waals surface area contributed by atoms with Crippen molar-refractivity contribution < 1.29 is 4.79 Å². The number of likely N-dealkylation sites (tertiary alicyclic amines) is 1. The van der Waals surface area contributed by atoms with Gasteiger partial charge in [-0.1, -0.05) is 18.2 Å². The van der Waals surface area contributed by atoms with Gasteiger partial charge in [0, 0.05) is 24.2 Å². The van der Waals surface area contributed by atoms with E-state index >= 15 is 0 Å². The summed E-state index contributed by atoms with van der Waals surface area (Å²) < 4.78 is 0. The molecule has 0 aromatic heterocycles. The van der Waals surface area contributed by atoms with Crippen LogP contribution in [0.25, 0.3) is 0 Å². The predicted molar refractivity (Wildman–Crippen MR) is 84.9 cm³/mol. The van der Waals surface area contributed by atoms with Gasteiger partial charge in [-0.3, -0.25) is 9.69 Å². The lowest BCUT2D eigenvalue weighted by molar-refractivity contribution is -0.119. The number of rotatable bonds is 4. The average molecular weight is 287 g/mol. The molecule has 2 unspecified atom stereocenters. The molecule has 2 atom stereocenters. The first-order chi connectivity index (χ1) is 10.2. The highest BCUT2D eigenvalue weighted by Gasteiger charge is 2.28. The van der Waals surface area contributed by atoms with Crippen LogP contribution in [0, 0.1) is 5.92 Å². The summed E-state index contributed by atoms with van der Waals surface area (Å²) in [5.74, 6) is 0.219. The summed E-state index contributed by atoms with van der Waals surface area (Å²) in [6.45, 7) is 3.26. The molecular weight excluding hydrogens is 262 g/mol. The van der Waals surface area contributed by atoms with Crippen molar-refractivity contribution >= 4 is 11.6 Å². The van der Waals surface area contributed by atoms with Gasteiger partial charge in [0.15, 0.2) is 0 Å². The lowest BCUT2D eigenvalue weighted by atomic mass is 10.1. The van der Waals surface area contributed by atoms with E-state index < -0.39 is 0 Å². The second-order valence-electron chi connectivity index (χ2n) is 6.40. The van der Waals surface area contributed by atoms with Gasteiger partial charge in [0.1, 0.15) is 0 Å². The number of para-hydroxylation sites is 1. The number of hydrogen-bond acceptors (Lipinski definition) is 3. The minimum atomic E-state index is 0.0832. The highest BCUT2D eigenvalue weighted by atomic mass is 16.1. The Hall–Kier alpha value is -1.39. The lowest BCUT2D eigenvalue weighted by Gasteiger charge is -2.19. The van der Waals surface area contributed by atoms with E-state index in [0.717, 1.165) is 31.5 Å². The van der Waals surface area contributed by atoms with Crippen molar-refractivity contribution in [1.82, 2.24) is 4.90 Å². The molecule has 0 spiro atoms. The first-order valence-corrected chi connectivity index (χ1v) is 8.09. The molecule has 1 aromatic rings. The van der Waals surface area contributed by atoms with Crippen LogP contribution in [0.4, 0.5) is 5.69 Å². The van der Waals surface area contributed by atoms with Crippen molar-refractivity contribution in [2.45, 2.75) is 44.7 Å². The van der Waals surface area contributed by atoms with Crippen molar-refractivity contribution in [3.05, 3.63) is 29.8 Å². The lowest BCUT2D eigenvalue weighted by Crippen LogP contribution is -2.25. The smallest absolute Gasteiger partial charge is 0.227 e. The van der Waals surface area contributed by atoms with E-state index in [4.69, 9.17) is 5.73 Å². The summed E-state index contributed by atoms with van der Waals surface area (Å²) in [7, 11) is 0. The number of benzene rings is 1. The molecule has 3 N–H and O–H groups in total. The molecule has 0 radical (unpaired) electrons. The number of hydrogen-bond donors (Lipinski definition) is 2. The van der Waals surface area contributed by atoms with Crippen LogP contribution in [0.2, 0.25) is 0 Å². The molecule has 4 nitrogen and oxygen atoms in total. The van der Waals surface area contributed by atoms with Gasteiger partial charge in [-0.2, -0.15) is 0 Å². The molecule has 1 saturated heterocycles. The van der Waals surface area contributed by atoms with E-state index in [-0.39, 0.29) is 17.9 Å². The Morgan fingerprint density at radius 3 is 2.71 bits per heavy atom. The Bertz CT molecular complexity index is 497. The van der Waals surface area contributed by atoms with Crippen LogP contribution in [-0.2, 0) is 11.3 Å². The number of carbonyl (C=O) groups is 1. The molecular formula is C17H25N3O. The average Bonchev–Trinajstić information content (AvgIpc) is 3.12. The van der Waals surface area contributed by atoms with Crippen LogP contribution >= 0.6 is 0 Å². The largest absolute Gasteiger partial charge is 0.328 e. The van der Waals surface area contributed by atoms with Gasteiger partial charge in [0.2, 0.25) is 5.91 Å². The molecule has 4 heteroatoms. The fourth-order valence-electron chi connectivity index (χ4n) is 3.45. The monoisotopic (exact) mass is 287 g/mol. The Labute approximate surface area is 126 Å². The Kier molecular flexibility index (Phi) is 4.56. The number of anilines is 1. The number of amides is 1. The molecule has 114 valence electrons. The molecule has 1 aliphatic heterocycles. The zero-order valence-electron chi connectivity index (χ0n) is 12.6. The van der Waals surface area contributed by atoms with E-state index in [2.05, 4.69) is 16.3 Å². The number of nitrogens with one attached hydrogen (secondary N) is 1. The Morgan fingerprint density at radius 1 is 1.24 bits per heavy atom. The van der Waals surface area contributed by atoms with E-state index in [1.165, 1.54) is 31.5 Å². The quantitative estimate of drug-likeness (QED) is 0.893. The summed E-state index contributed by atoms with van der Waals surface area (Å²) in [5, 5.41) is 3.13. The maximum atomic E-state index is 12.4. The maximum absolute atomic E-state index is 12.4. The van der Waals surface area contributed by atoms with Crippen molar-refractivity contribution in [3.63, 3.8) is 0 Å². The molecule has 1 aliphatic carbocycles. The van der Waals surface area contributed by atoms with E-state index in [1.807, 2.05) is 18.2 Å². The van der Waals surface area contributed by atoms with Crippen molar-refractivity contribution in [3.8, 4) is 0 Å². The summed E-state index contributed by atoms with van der Waals surface area (Å²) in [6, 6.07) is 8.36. The molecule has 1 saturated carbocycles. The van der Waals surface area contributed by atoms with Gasteiger partial charge in [-0.05, 0) is 56.8 Å². The fourth-order valence-corrected chi connectivity index (χ4v) is 3.45. The first kappa shape index (κ1) is 14.5. The van der Waals surface area contributed by atoms with Crippen LogP contribution in [0.15, 0.2) is 24.3 Å². The topological polar surface area (TPSA) is 58.4 Å². The summed E-state index contributed by atoms with van der Waals surface area (Å²) in [5.41, 5.74) is 8.09. The predicted octanol–water partition coefficient (Wildman–Crippen LogP) is 2.35. The maximum Gasteiger partial charge on any atom is 0.227 e. The van der Waals surface area contributed by atoms with Crippen molar-refractivity contribution in [2.75, 3.05) is 18.4 Å². The van der Waals surface area contributed by atoms with E-state index in [1.54, 1.807) is 0 Å². The van der Waals surface area contributed by atoms with E-state index in [9.17, 15) is 4.79 Å². The second kappa shape index (κ2) is 6.58. The number of carbonyl (C=O) groups excluding carboxylic acids is 1. The third-order valence-corrected chi connectivity index (χ3v) is 4.71. The minimum Gasteiger partial charge on any atom is -0.328 e. The molecule has 3 rings (SSSR count). The molecule has 2 aliphatic rings. The zero-order chi connectivity index (χ0) is 14.7. The van der Waals surface area contributed by atoms with Crippen LogP contribution in [0.5, 0.6) is 0 Å². The minimum absolute atomic E-state index is 0.0832. The second-order valence-corrected chi connectivity index (χ2v) is 6.40. The summed E-state index contributed by atoms with van der Waals surface area (Å²) in [6.07, 6.45) is 5.28. The molecule has 0 bridgehead atoms. The van der Waals surface area contributed by atoms with Crippen LogP contribution < -0.4 is 11.1 Å². The highest BCUT2D eigenvalue weighted by molar-refractivity contribution is 5.93. The number of nitrogens with two attached hydrogens (primary N) is 1. The van der Waals surface area contributed by atoms with Gasteiger partial charge >= 0.3 is 0 Å². The van der Waals surface area contributed by atoms with Crippen molar-refractivity contribution in [2.24, 2.45) is 11.7 Å². The van der Waals surface area contributed by atoms with Crippen LogP contribution in [0.3, 0.4) is 0 Å². The van der Waals surface area contributed by atoms with Gasteiger partial charge in [-0.25, -0.2) is 0 Å². The Morgan fingerprint density at radius 2 is 2.00 bits per heavy atom. The Balaban J connectivity index is 1.65. The van der Waals surface area contributed by atoms with Gasteiger partial charge in [0.25, 0.3) is 0 Å². The molecule has 1 amide bonds. The van der Waals surface area contributed by atoms with Gasteiger partial charge < -0.3 is 11.1 Å². The molecule has 2 fully saturated rings. The first-order valence-electron chi connectivity index (χ1n) is 8.09. The SMILES string of the molecule is NC1CCC(C(=O)Nc2ccccc2CN2CCCC2)C1. The normalized spacial score (nSPS) is 26.1. The third-order valence-electron chi connectivity index (χ3n) is 4.71. The van der Waals surface area contributed by atoms with Gasteiger partial charge in [-0.15, -0.1) is 0 Å². The standard InChI is InChI=1S/C17H25N3O/c18-15-8-7-13(11-15)17(21)19-16-6-2-1-5-14(16)12-20-9-3-4-10-20/h1-2,5-6,13,15H,3-4,7-12,18H2,(H,19,21). The molecule has 1 aromatic carbocycles. The van der Waals surface area contributed by atoms with Crippen molar-refractivity contribution in [1.29, 1.82) is 0 Å². The third kappa shape index (κ3) is 3.63. The van der Waals surface area contributed by atoms with Crippen LogP contribution in [-0.4, -0.2) is 29.9 Å². The van der Waals surface area contributed by atoms with Crippen LogP contribution in [0.1, 0.15) is 37.7 Å².